The summed E-state index contributed by atoms with van der Waals surface area (Å²) in [4.78, 5) is 0. The van der Waals surface area contributed by atoms with Gasteiger partial charge in [-0.3, -0.25) is 0 Å². The van der Waals surface area contributed by atoms with Gasteiger partial charge in [0, 0.05) is 19.1 Å². The van der Waals surface area contributed by atoms with Crippen LogP contribution in [0.1, 0.15) is 25.5 Å². The summed E-state index contributed by atoms with van der Waals surface area (Å²) in [6.45, 7) is 4.23. The molecule has 0 spiro atoms. The van der Waals surface area contributed by atoms with Crippen LogP contribution >= 0.6 is 11.6 Å². The Labute approximate surface area is 118 Å². The van der Waals surface area contributed by atoms with E-state index in [1.54, 1.807) is 13.0 Å². The fraction of sp³-hybridized carbons (Fsp3) is 0.500. The Morgan fingerprint density at radius 2 is 2.11 bits per heavy atom. The first-order valence-corrected chi connectivity index (χ1v) is 8.04. The first kappa shape index (κ1) is 16.4. The monoisotopic (exact) mass is 308 g/mol. The van der Waals surface area contributed by atoms with E-state index < -0.39 is 15.8 Å². The first-order valence-electron chi connectivity index (χ1n) is 6.01. The molecule has 0 saturated heterocycles. The van der Waals surface area contributed by atoms with Gasteiger partial charge in [-0.1, -0.05) is 24.6 Å². The topological polar surface area (TPSA) is 58.2 Å². The third-order valence-electron chi connectivity index (χ3n) is 2.63. The average Bonchev–Trinajstić information content (AvgIpc) is 2.32. The third kappa shape index (κ3) is 5.44. The molecule has 1 atom stereocenters. The quantitative estimate of drug-likeness (QED) is 0.811. The van der Waals surface area contributed by atoms with Crippen molar-refractivity contribution in [3.05, 3.63) is 34.6 Å². The van der Waals surface area contributed by atoms with Crippen molar-refractivity contribution in [1.29, 1.82) is 0 Å². The predicted octanol–water partition coefficient (Wildman–Crippen LogP) is 2.07. The van der Waals surface area contributed by atoms with Crippen molar-refractivity contribution in [2.75, 3.05) is 18.8 Å². The minimum absolute atomic E-state index is 0.0126. The van der Waals surface area contributed by atoms with Gasteiger partial charge in [0.2, 0.25) is 10.0 Å². The van der Waals surface area contributed by atoms with Crippen LogP contribution in [0.25, 0.3) is 0 Å². The van der Waals surface area contributed by atoms with Crippen molar-refractivity contribution >= 4 is 21.6 Å². The molecule has 0 aliphatic rings. The zero-order valence-electron chi connectivity index (χ0n) is 10.9. The fourth-order valence-corrected chi connectivity index (χ4v) is 2.69. The van der Waals surface area contributed by atoms with Gasteiger partial charge in [-0.25, -0.2) is 17.5 Å². The van der Waals surface area contributed by atoms with Gasteiger partial charge in [0.05, 0.1) is 10.8 Å². The SMILES string of the molecule is CCNS(=O)(=O)CCNC(C)c1ccc(Cl)c(F)c1. The van der Waals surface area contributed by atoms with Crippen LogP contribution in [0.15, 0.2) is 18.2 Å². The van der Waals surface area contributed by atoms with E-state index in [0.717, 1.165) is 5.56 Å². The molecular weight excluding hydrogens is 291 g/mol. The minimum Gasteiger partial charge on any atom is -0.309 e. The molecule has 0 fully saturated rings. The summed E-state index contributed by atoms with van der Waals surface area (Å²) in [5.74, 6) is -0.491. The standard InChI is InChI=1S/C12H18ClFN2O2S/c1-3-16-19(17,18)7-6-15-9(2)10-4-5-11(13)12(14)8-10/h4-5,8-9,15-16H,3,6-7H2,1-2H3. The van der Waals surface area contributed by atoms with E-state index in [-0.39, 0.29) is 16.8 Å². The van der Waals surface area contributed by atoms with Crippen LogP contribution in [0, 0.1) is 5.82 Å². The first-order chi connectivity index (χ1) is 8.85. The number of nitrogens with one attached hydrogen (secondary N) is 2. The highest BCUT2D eigenvalue weighted by atomic mass is 35.5. The van der Waals surface area contributed by atoms with Crippen molar-refractivity contribution in [2.24, 2.45) is 0 Å². The predicted molar refractivity (Wildman–Crippen MR) is 75.3 cm³/mol. The van der Waals surface area contributed by atoms with Crippen molar-refractivity contribution in [1.82, 2.24) is 10.0 Å². The highest BCUT2D eigenvalue weighted by Gasteiger charge is 2.11. The van der Waals surface area contributed by atoms with Gasteiger partial charge in [-0.2, -0.15) is 0 Å². The van der Waals surface area contributed by atoms with E-state index in [2.05, 4.69) is 10.0 Å². The van der Waals surface area contributed by atoms with Crippen molar-refractivity contribution in [3.63, 3.8) is 0 Å². The van der Waals surface area contributed by atoms with Gasteiger partial charge in [-0.15, -0.1) is 0 Å². The van der Waals surface area contributed by atoms with Gasteiger partial charge < -0.3 is 5.32 Å². The number of hydrogen-bond donors (Lipinski definition) is 2. The van der Waals surface area contributed by atoms with E-state index in [1.165, 1.54) is 12.1 Å². The Kier molecular flexibility index (Phi) is 6.19. The molecule has 0 aliphatic heterocycles. The molecule has 0 aromatic heterocycles. The average molecular weight is 309 g/mol. The highest BCUT2D eigenvalue weighted by molar-refractivity contribution is 7.89. The van der Waals surface area contributed by atoms with Crippen molar-refractivity contribution < 1.29 is 12.8 Å². The maximum Gasteiger partial charge on any atom is 0.212 e. The van der Waals surface area contributed by atoms with Crippen molar-refractivity contribution in [2.45, 2.75) is 19.9 Å². The van der Waals surface area contributed by atoms with Gasteiger partial charge in [0.1, 0.15) is 5.82 Å². The van der Waals surface area contributed by atoms with Crippen LogP contribution in [-0.4, -0.2) is 27.3 Å². The fourth-order valence-electron chi connectivity index (χ4n) is 1.60. The zero-order valence-corrected chi connectivity index (χ0v) is 12.5. The number of halogens is 2. The maximum atomic E-state index is 13.3. The molecule has 0 radical (unpaired) electrons. The molecule has 1 rings (SSSR count). The molecule has 7 heteroatoms. The van der Waals surface area contributed by atoms with Crippen LogP contribution in [0.4, 0.5) is 4.39 Å². The molecule has 108 valence electrons. The van der Waals surface area contributed by atoms with Crippen molar-refractivity contribution in [3.8, 4) is 0 Å². The molecule has 0 bridgehead atoms. The summed E-state index contributed by atoms with van der Waals surface area (Å²) in [6.07, 6.45) is 0. The Balaban J connectivity index is 2.51. The molecule has 1 unspecified atom stereocenters. The molecule has 1 aromatic rings. The molecule has 1 aromatic carbocycles. The largest absolute Gasteiger partial charge is 0.309 e. The second-order valence-corrected chi connectivity index (χ2v) is 6.50. The Morgan fingerprint density at radius 1 is 1.42 bits per heavy atom. The molecule has 2 N–H and O–H groups in total. The second-order valence-electron chi connectivity index (χ2n) is 4.17. The Morgan fingerprint density at radius 3 is 2.68 bits per heavy atom. The van der Waals surface area contributed by atoms with Crippen LogP contribution in [0.5, 0.6) is 0 Å². The second kappa shape index (κ2) is 7.19. The molecule has 0 aliphatic carbocycles. The van der Waals surface area contributed by atoms with E-state index in [0.29, 0.717) is 13.1 Å². The van der Waals surface area contributed by atoms with Crippen LogP contribution in [0.2, 0.25) is 5.02 Å². The summed E-state index contributed by atoms with van der Waals surface area (Å²) < 4.78 is 38.5. The summed E-state index contributed by atoms with van der Waals surface area (Å²) >= 11 is 5.60. The normalized spacial score (nSPS) is 13.5. The van der Waals surface area contributed by atoms with E-state index in [9.17, 15) is 12.8 Å². The summed E-state index contributed by atoms with van der Waals surface area (Å²) in [5, 5.41) is 3.11. The molecule has 0 amide bonds. The number of rotatable bonds is 7. The number of benzene rings is 1. The van der Waals surface area contributed by atoms with E-state index in [1.807, 2.05) is 6.92 Å². The van der Waals surface area contributed by atoms with Gasteiger partial charge >= 0.3 is 0 Å². The minimum atomic E-state index is -3.23. The highest BCUT2D eigenvalue weighted by Crippen LogP contribution is 2.19. The van der Waals surface area contributed by atoms with Gasteiger partial charge in [0.15, 0.2) is 0 Å². The molecular formula is C12H18ClFN2O2S. The lowest BCUT2D eigenvalue weighted by Crippen LogP contribution is -2.32. The summed E-state index contributed by atoms with van der Waals surface area (Å²) in [6, 6.07) is 4.39. The smallest absolute Gasteiger partial charge is 0.212 e. The lowest BCUT2D eigenvalue weighted by atomic mass is 10.1. The Bertz CT molecular complexity index is 522. The summed E-state index contributed by atoms with van der Waals surface area (Å²) in [7, 11) is -3.23. The van der Waals surface area contributed by atoms with E-state index in [4.69, 9.17) is 11.6 Å². The maximum absolute atomic E-state index is 13.3. The molecule has 4 nitrogen and oxygen atoms in total. The molecule has 0 heterocycles. The number of sulfonamides is 1. The molecule has 0 saturated carbocycles. The van der Waals surface area contributed by atoms with Gasteiger partial charge in [-0.05, 0) is 24.6 Å². The Hall–Kier alpha value is -0.690. The van der Waals surface area contributed by atoms with E-state index >= 15 is 0 Å². The van der Waals surface area contributed by atoms with Crippen LogP contribution in [-0.2, 0) is 10.0 Å². The lowest BCUT2D eigenvalue weighted by Gasteiger charge is -2.14. The van der Waals surface area contributed by atoms with Crippen LogP contribution < -0.4 is 10.0 Å². The zero-order chi connectivity index (χ0) is 14.5. The molecule has 19 heavy (non-hydrogen) atoms. The summed E-state index contributed by atoms with van der Waals surface area (Å²) in [5.41, 5.74) is 0.725. The number of hydrogen-bond acceptors (Lipinski definition) is 3. The van der Waals surface area contributed by atoms with Crippen LogP contribution in [0.3, 0.4) is 0 Å². The lowest BCUT2D eigenvalue weighted by molar-refractivity contribution is 0.560. The third-order valence-corrected chi connectivity index (χ3v) is 4.41. The van der Waals surface area contributed by atoms with Gasteiger partial charge in [0.25, 0.3) is 0 Å².